The van der Waals surface area contributed by atoms with E-state index in [-0.39, 0.29) is 11.9 Å². The number of hydrogen-bond donors (Lipinski definition) is 2. The molecule has 0 spiro atoms. The monoisotopic (exact) mass is 291 g/mol. The third-order valence-corrected chi connectivity index (χ3v) is 3.11. The van der Waals surface area contributed by atoms with Crippen molar-refractivity contribution in [3.05, 3.63) is 47.9 Å². The van der Waals surface area contributed by atoms with E-state index in [0.717, 1.165) is 5.56 Å². The first-order valence-electron chi connectivity index (χ1n) is 6.48. The highest BCUT2D eigenvalue weighted by Crippen LogP contribution is 2.25. The first-order valence-corrected chi connectivity index (χ1v) is 6.48. The molecule has 112 valence electrons. The molecular formula is C15H18FN3O2. The summed E-state index contributed by atoms with van der Waals surface area (Å²) in [6.45, 7) is 0.296. The molecule has 1 atom stereocenters. The van der Waals surface area contributed by atoms with E-state index in [9.17, 15) is 4.39 Å². The number of rotatable bonds is 6. The summed E-state index contributed by atoms with van der Waals surface area (Å²) in [7, 11) is 3.08. The summed E-state index contributed by atoms with van der Waals surface area (Å²) in [5, 5.41) is 3.06. The van der Waals surface area contributed by atoms with Gasteiger partial charge in [0.2, 0.25) is 5.88 Å². The van der Waals surface area contributed by atoms with E-state index >= 15 is 0 Å². The van der Waals surface area contributed by atoms with Crippen molar-refractivity contribution in [2.75, 3.05) is 26.1 Å². The first kappa shape index (κ1) is 15.1. The predicted octanol–water partition coefficient (Wildman–Crippen LogP) is 2.35. The summed E-state index contributed by atoms with van der Waals surface area (Å²) in [5.41, 5.74) is 6.95. The first-order chi connectivity index (χ1) is 10.2. The van der Waals surface area contributed by atoms with Crippen molar-refractivity contribution in [2.45, 2.75) is 6.04 Å². The summed E-state index contributed by atoms with van der Waals surface area (Å²) in [6.07, 6.45) is 1.65. The van der Waals surface area contributed by atoms with Crippen LogP contribution in [-0.2, 0) is 0 Å². The van der Waals surface area contributed by atoms with Crippen molar-refractivity contribution < 1.29 is 13.9 Å². The van der Waals surface area contributed by atoms with Gasteiger partial charge in [0.05, 0.1) is 25.9 Å². The van der Waals surface area contributed by atoms with Crippen molar-refractivity contribution in [3.8, 4) is 11.6 Å². The molecule has 1 aromatic heterocycles. The molecule has 1 heterocycles. The van der Waals surface area contributed by atoms with Gasteiger partial charge in [-0.3, -0.25) is 0 Å². The molecule has 0 aliphatic carbocycles. The third-order valence-electron chi connectivity index (χ3n) is 3.11. The number of nitrogens with two attached hydrogens (primary N) is 1. The number of benzene rings is 1. The molecule has 0 fully saturated rings. The number of aromatic nitrogens is 1. The Balaban J connectivity index is 2.21. The van der Waals surface area contributed by atoms with Crippen molar-refractivity contribution in [2.24, 2.45) is 5.73 Å². The lowest BCUT2D eigenvalue weighted by Crippen LogP contribution is -2.21. The maximum Gasteiger partial charge on any atom is 0.212 e. The van der Waals surface area contributed by atoms with Crippen LogP contribution in [0.4, 0.5) is 10.1 Å². The minimum Gasteiger partial charge on any atom is -0.497 e. The minimum atomic E-state index is -0.365. The predicted molar refractivity (Wildman–Crippen MR) is 79.2 cm³/mol. The molecular weight excluding hydrogens is 273 g/mol. The molecule has 0 saturated carbocycles. The number of methoxy groups -OCH3 is 2. The highest BCUT2D eigenvalue weighted by atomic mass is 19.1. The normalized spacial score (nSPS) is 11.8. The van der Waals surface area contributed by atoms with E-state index in [0.29, 0.717) is 23.9 Å². The third kappa shape index (κ3) is 3.61. The van der Waals surface area contributed by atoms with Gasteiger partial charge in [0.15, 0.2) is 0 Å². The van der Waals surface area contributed by atoms with Crippen molar-refractivity contribution in [1.82, 2.24) is 4.98 Å². The van der Waals surface area contributed by atoms with Crippen LogP contribution in [0.25, 0.3) is 0 Å². The van der Waals surface area contributed by atoms with Gasteiger partial charge in [-0.2, -0.15) is 0 Å². The zero-order chi connectivity index (χ0) is 15.2. The molecule has 3 N–H and O–H groups in total. The largest absolute Gasteiger partial charge is 0.497 e. The van der Waals surface area contributed by atoms with Crippen LogP contribution in [0.3, 0.4) is 0 Å². The molecule has 0 radical (unpaired) electrons. The number of halogens is 1. The van der Waals surface area contributed by atoms with Crippen LogP contribution in [0, 0.1) is 5.82 Å². The Bertz CT molecular complexity index is 590. The molecule has 0 aliphatic rings. The van der Waals surface area contributed by atoms with Crippen LogP contribution in [0.15, 0.2) is 36.5 Å². The fourth-order valence-corrected chi connectivity index (χ4v) is 1.93. The lowest BCUT2D eigenvalue weighted by Gasteiger charge is -2.19. The maximum absolute atomic E-state index is 13.8. The number of anilines is 1. The summed E-state index contributed by atoms with van der Waals surface area (Å²) in [6, 6.07) is 7.82. The lowest BCUT2D eigenvalue weighted by molar-refractivity contribution is 0.397. The Morgan fingerprint density at radius 1 is 1.24 bits per heavy atom. The Morgan fingerprint density at radius 3 is 2.62 bits per heavy atom. The molecule has 5 nitrogen and oxygen atoms in total. The SMILES string of the molecule is COc1ccc(F)c(NC(CN)c2ccc(OC)nc2)c1. The number of ether oxygens (including phenoxy) is 2. The molecule has 0 saturated heterocycles. The Morgan fingerprint density at radius 2 is 2.05 bits per heavy atom. The number of hydrogen-bond acceptors (Lipinski definition) is 5. The zero-order valence-electron chi connectivity index (χ0n) is 12.0. The van der Waals surface area contributed by atoms with Gasteiger partial charge in [0, 0.05) is 24.9 Å². The second-order valence-corrected chi connectivity index (χ2v) is 4.41. The van der Waals surface area contributed by atoms with Crippen LogP contribution in [0.2, 0.25) is 0 Å². The van der Waals surface area contributed by atoms with Crippen molar-refractivity contribution in [1.29, 1.82) is 0 Å². The molecule has 2 aromatic rings. The van der Waals surface area contributed by atoms with Gasteiger partial charge in [0.1, 0.15) is 11.6 Å². The maximum atomic E-state index is 13.8. The van der Waals surface area contributed by atoms with E-state index in [4.69, 9.17) is 15.2 Å². The van der Waals surface area contributed by atoms with Gasteiger partial charge >= 0.3 is 0 Å². The second kappa shape index (κ2) is 6.90. The highest BCUT2D eigenvalue weighted by molar-refractivity contribution is 5.51. The van der Waals surface area contributed by atoms with Gasteiger partial charge in [-0.1, -0.05) is 6.07 Å². The quantitative estimate of drug-likeness (QED) is 0.855. The van der Waals surface area contributed by atoms with Crippen LogP contribution in [0.1, 0.15) is 11.6 Å². The fraction of sp³-hybridized carbons (Fsp3) is 0.267. The number of pyridine rings is 1. The van der Waals surface area contributed by atoms with Gasteiger partial charge in [-0.25, -0.2) is 9.37 Å². The minimum absolute atomic E-state index is 0.259. The smallest absolute Gasteiger partial charge is 0.212 e. The topological polar surface area (TPSA) is 69.4 Å². The molecule has 0 aliphatic heterocycles. The molecule has 0 bridgehead atoms. The molecule has 2 rings (SSSR count). The van der Waals surface area contributed by atoms with Gasteiger partial charge in [0.25, 0.3) is 0 Å². The molecule has 0 amide bonds. The molecule has 1 aromatic carbocycles. The Kier molecular flexibility index (Phi) is 4.94. The zero-order valence-corrected chi connectivity index (χ0v) is 12.0. The average Bonchev–Trinajstić information content (AvgIpc) is 2.54. The average molecular weight is 291 g/mol. The summed E-state index contributed by atoms with van der Waals surface area (Å²) in [4.78, 5) is 4.13. The number of nitrogens with one attached hydrogen (secondary N) is 1. The highest BCUT2D eigenvalue weighted by Gasteiger charge is 2.13. The van der Waals surface area contributed by atoms with Gasteiger partial charge < -0.3 is 20.5 Å². The van der Waals surface area contributed by atoms with Crippen LogP contribution in [-0.4, -0.2) is 25.7 Å². The fourth-order valence-electron chi connectivity index (χ4n) is 1.93. The van der Waals surface area contributed by atoms with Crippen molar-refractivity contribution in [3.63, 3.8) is 0 Å². The van der Waals surface area contributed by atoms with E-state index in [1.54, 1.807) is 31.5 Å². The Labute approximate surface area is 122 Å². The summed E-state index contributed by atoms with van der Waals surface area (Å²) >= 11 is 0. The lowest BCUT2D eigenvalue weighted by atomic mass is 10.1. The van der Waals surface area contributed by atoms with Crippen molar-refractivity contribution >= 4 is 5.69 Å². The van der Waals surface area contributed by atoms with E-state index in [1.807, 2.05) is 6.07 Å². The number of nitrogens with zero attached hydrogens (tertiary/aromatic N) is 1. The van der Waals surface area contributed by atoms with E-state index < -0.39 is 0 Å². The Hall–Kier alpha value is -2.34. The standard InChI is InChI=1S/C15H18FN3O2/c1-20-11-4-5-12(16)13(7-11)19-14(8-17)10-3-6-15(21-2)18-9-10/h3-7,9,14,19H,8,17H2,1-2H3. The molecule has 1 unspecified atom stereocenters. The van der Waals surface area contributed by atoms with E-state index in [1.165, 1.54) is 13.2 Å². The van der Waals surface area contributed by atoms with Crippen LogP contribution < -0.4 is 20.5 Å². The summed E-state index contributed by atoms with van der Waals surface area (Å²) in [5.74, 6) is 0.723. The molecule has 6 heteroatoms. The second-order valence-electron chi connectivity index (χ2n) is 4.41. The van der Waals surface area contributed by atoms with Gasteiger partial charge in [-0.05, 0) is 17.7 Å². The van der Waals surface area contributed by atoms with Crippen LogP contribution in [0.5, 0.6) is 11.6 Å². The van der Waals surface area contributed by atoms with Gasteiger partial charge in [-0.15, -0.1) is 0 Å². The summed E-state index contributed by atoms with van der Waals surface area (Å²) < 4.78 is 23.9. The van der Waals surface area contributed by atoms with E-state index in [2.05, 4.69) is 10.3 Å². The molecule has 21 heavy (non-hydrogen) atoms. The van der Waals surface area contributed by atoms with Crippen LogP contribution >= 0.6 is 0 Å².